The van der Waals surface area contributed by atoms with Crippen LogP contribution in [-0.2, 0) is 40.4 Å². The molecule has 0 aliphatic rings. The van der Waals surface area contributed by atoms with Crippen molar-refractivity contribution in [2.45, 2.75) is 310 Å². The Kier molecular flexibility index (Phi) is 46.5. The topological polar surface area (TPSA) is 86.7 Å². The van der Waals surface area contributed by atoms with E-state index in [0.717, 1.165) is 116 Å². The van der Waals surface area contributed by atoms with Crippen molar-refractivity contribution in [3.05, 3.63) is 36.5 Å². The van der Waals surface area contributed by atoms with Gasteiger partial charge in [-0.15, -0.1) is 0 Å². The zero-order chi connectivity index (χ0) is 47.7. The fourth-order valence-electron chi connectivity index (χ4n) is 8.60. The SMILES string of the molecule is CCCCCCCC/C=C\CCCCCCCC(=O)[O][Ti](=[O])([O]CCCC)([C](=O)CCCCCCC/C=C\CCCCCCCC)[C](=O)CCCCCCC/C=C\CCCCCCCC. The molecular weight excluding hydrogens is 840 g/mol. The van der Waals surface area contributed by atoms with E-state index in [0.29, 0.717) is 25.7 Å². The molecule has 0 rings (SSSR count). The van der Waals surface area contributed by atoms with Crippen molar-refractivity contribution < 1.29 is 40.4 Å². The third kappa shape index (κ3) is 37.1. The van der Waals surface area contributed by atoms with Crippen LogP contribution >= 0.6 is 0 Å². The smallest absolute Gasteiger partial charge is 0.0654 e. The van der Waals surface area contributed by atoms with Crippen LogP contribution in [0.15, 0.2) is 36.5 Å². The van der Waals surface area contributed by atoms with Gasteiger partial charge in [0.1, 0.15) is 0 Å². The molecule has 0 atom stereocenters. The fourth-order valence-corrected chi connectivity index (χ4v) is 13.5. The molecule has 0 aliphatic carbocycles. The minimum atomic E-state index is -6.78. The average Bonchev–Trinajstić information content (AvgIpc) is 3.30. The van der Waals surface area contributed by atoms with Gasteiger partial charge in [0.2, 0.25) is 0 Å². The molecular formula is C58H108O6Ti. The maximum atomic E-state index is 15.3. The van der Waals surface area contributed by atoms with E-state index in [2.05, 4.69) is 57.2 Å². The summed E-state index contributed by atoms with van der Waals surface area (Å²) in [5.41, 5.74) is 0. The molecule has 0 saturated heterocycles. The summed E-state index contributed by atoms with van der Waals surface area (Å²) in [5.74, 6) is -0.720. The van der Waals surface area contributed by atoms with Crippen molar-refractivity contribution in [2.24, 2.45) is 0 Å². The zero-order valence-corrected chi connectivity index (χ0v) is 45.3. The third-order valence-corrected chi connectivity index (χ3v) is 19.0. The van der Waals surface area contributed by atoms with Crippen molar-refractivity contribution in [1.29, 1.82) is 0 Å². The number of hydrogen-bond acceptors (Lipinski definition) is 6. The van der Waals surface area contributed by atoms with Crippen LogP contribution in [-0.4, -0.2) is 20.8 Å². The van der Waals surface area contributed by atoms with Crippen molar-refractivity contribution in [3.8, 4) is 0 Å². The van der Waals surface area contributed by atoms with Crippen LogP contribution < -0.4 is 0 Å². The summed E-state index contributed by atoms with van der Waals surface area (Å²) < 4.78 is 25.6. The van der Waals surface area contributed by atoms with Crippen LogP contribution in [0.1, 0.15) is 310 Å². The number of carbonyl (C=O) groups is 3. The van der Waals surface area contributed by atoms with Gasteiger partial charge in [-0.25, -0.2) is 0 Å². The van der Waals surface area contributed by atoms with E-state index in [9.17, 15) is 14.4 Å². The van der Waals surface area contributed by atoms with Crippen LogP contribution in [0.4, 0.5) is 0 Å². The Bertz CT molecular complexity index is 1190. The van der Waals surface area contributed by atoms with Crippen molar-refractivity contribution in [2.75, 3.05) is 6.61 Å². The molecule has 0 radical (unpaired) electrons. The summed E-state index contributed by atoms with van der Waals surface area (Å²) in [5, 5.41) is 0. The minimum absolute atomic E-state index is 0.0197. The molecule has 0 unspecified atom stereocenters. The number of rotatable bonds is 52. The number of hydrogen-bond donors (Lipinski definition) is 0. The van der Waals surface area contributed by atoms with Gasteiger partial charge in [-0.1, -0.05) is 117 Å². The fraction of sp³-hybridized carbons (Fsp3) is 0.845. The second kappa shape index (κ2) is 47.6. The molecule has 0 aromatic rings. The molecule has 0 aromatic carbocycles. The van der Waals surface area contributed by atoms with Crippen molar-refractivity contribution in [3.63, 3.8) is 0 Å². The summed E-state index contributed by atoms with van der Waals surface area (Å²) in [6, 6.07) is 0. The second-order valence-electron chi connectivity index (χ2n) is 19.5. The quantitative estimate of drug-likeness (QED) is 0.0343. The molecule has 0 heterocycles. The van der Waals surface area contributed by atoms with Gasteiger partial charge in [-0.3, -0.25) is 0 Å². The summed E-state index contributed by atoms with van der Waals surface area (Å²) in [6.07, 6.45) is 59.2. The predicted molar refractivity (Wildman–Crippen MR) is 276 cm³/mol. The first kappa shape index (κ1) is 63.5. The van der Waals surface area contributed by atoms with Gasteiger partial charge in [-0.2, -0.15) is 0 Å². The molecule has 0 aliphatic heterocycles. The monoisotopic (exact) mass is 949 g/mol. The Hall–Kier alpha value is -1.50. The second-order valence-corrected chi connectivity index (χ2v) is 25.1. The minimum Gasteiger partial charge on any atom is -0.0654 e. The summed E-state index contributed by atoms with van der Waals surface area (Å²) in [6.45, 7) is 8.73. The Morgan fingerprint density at radius 2 is 0.569 bits per heavy atom. The summed E-state index contributed by atoms with van der Waals surface area (Å²) in [4.78, 5) is 41.9. The molecule has 0 amide bonds. The first-order valence-corrected chi connectivity index (χ1v) is 32.0. The number of unbranched alkanes of at least 4 members (excludes halogenated alkanes) is 34. The van der Waals surface area contributed by atoms with Crippen LogP contribution in [0.25, 0.3) is 0 Å². The first-order chi connectivity index (χ1) is 31.8. The Morgan fingerprint density at radius 3 is 0.862 bits per heavy atom. The zero-order valence-electron chi connectivity index (χ0n) is 43.7. The molecule has 380 valence electrons. The molecule has 65 heavy (non-hydrogen) atoms. The maximum absolute atomic E-state index is 15.3. The first-order valence-electron chi connectivity index (χ1n) is 28.6. The molecule has 0 aromatic heterocycles. The summed E-state index contributed by atoms with van der Waals surface area (Å²) in [7, 11) is 0. The van der Waals surface area contributed by atoms with E-state index in [4.69, 9.17) is 6.64 Å². The standard InChI is InChI=1S/C18H34O2.2C18H33O.C4H9O.O.Ti/c1-2-3-4-5-6-7-8-9-10-11-12-13-14-15-16-17-18(19)20;2*1-2-3-4-5-6-7-8-9-10-11-12-13-14-15-16-17-18-19;1-2-3-4-5;;/h9-10H,2-8,11-17H2,1H3,(H,19,20);2*9-10H,2-8,11-17H2,1H3;2-4H2,1H3;;/q;;;-1;;+2/p-1/b3*10-9-;;;. The predicted octanol–water partition coefficient (Wildman–Crippen LogP) is 19.4. The summed E-state index contributed by atoms with van der Waals surface area (Å²) >= 11 is -6.78. The van der Waals surface area contributed by atoms with Gasteiger partial charge in [0.15, 0.2) is 0 Å². The van der Waals surface area contributed by atoms with Crippen molar-refractivity contribution >= 4 is 14.1 Å². The van der Waals surface area contributed by atoms with Crippen LogP contribution in [0.3, 0.4) is 0 Å². The van der Waals surface area contributed by atoms with E-state index < -0.39 is 30.2 Å². The Balaban J connectivity index is 5.16. The van der Waals surface area contributed by atoms with Crippen LogP contribution in [0, 0.1) is 0 Å². The molecule has 0 saturated carbocycles. The van der Waals surface area contributed by atoms with Gasteiger partial charge in [0.05, 0.1) is 0 Å². The Morgan fingerprint density at radius 1 is 0.323 bits per heavy atom. The van der Waals surface area contributed by atoms with Gasteiger partial charge in [-0.05, 0) is 6.42 Å². The van der Waals surface area contributed by atoms with E-state index in [-0.39, 0.29) is 25.9 Å². The van der Waals surface area contributed by atoms with Crippen molar-refractivity contribution in [1.82, 2.24) is 0 Å². The van der Waals surface area contributed by atoms with Crippen LogP contribution in [0.2, 0.25) is 0 Å². The number of carbonyl (C=O) groups excluding carboxylic acids is 3. The van der Waals surface area contributed by atoms with Gasteiger partial charge < -0.3 is 0 Å². The molecule has 0 spiro atoms. The number of allylic oxidation sites excluding steroid dienone is 6. The Labute approximate surface area is 405 Å². The van der Waals surface area contributed by atoms with Gasteiger partial charge in [0.25, 0.3) is 0 Å². The van der Waals surface area contributed by atoms with Gasteiger partial charge >= 0.3 is 284 Å². The molecule has 6 nitrogen and oxygen atoms in total. The third-order valence-electron chi connectivity index (χ3n) is 13.1. The molecule has 7 heteroatoms. The molecule has 0 bridgehead atoms. The van der Waals surface area contributed by atoms with Gasteiger partial charge in [0, 0.05) is 0 Å². The van der Waals surface area contributed by atoms with E-state index >= 15 is 3.32 Å². The average molecular weight is 949 g/mol. The van der Waals surface area contributed by atoms with E-state index in [1.54, 1.807) is 0 Å². The molecule has 0 fully saturated rings. The van der Waals surface area contributed by atoms with E-state index in [1.165, 1.54) is 122 Å². The van der Waals surface area contributed by atoms with Crippen LogP contribution in [0.5, 0.6) is 0 Å². The molecule has 0 N–H and O–H groups in total. The normalized spacial score (nSPS) is 12.4. The van der Waals surface area contributed by atoms with E-state index in [1.807, 2.05) is 6.92 Å².